The number of nitrogens with one attached hydrogen (secondary N) is 1. The van der Waals surface area contributed by atoms with Gasteiger partial charge in [-0.2, -0.15) is 0 Å². The smallest absolute Gasteiger partial charge is 0.274 e. The normalized spacial score (nSPS) is 11.3. The SMILES string of the molecule is Cc1cc(C(=O)Nc2cccn(CCS(C)(=O)=O)c2=O)cc(C)n1. The molecule has 2 aromatic heterocycles. The number of hydrogen-bond acceptors (Lipinski definition) is 5. The van der Waals surface area contributed by atoms with Gasteiger partial charge >= 0.3 is 0 Å². The van der Waals surface area contributed by atoms with Gasteiger partial charge in [-0.15, -0.1) is 0 Å². The molecule has 0 aliphatic carbocycles. The minimum atomic E-state index is -3.18. The van der Waals surface area contributed by atoms with Crippen molar-refractivity contribution in [3.05, 3.63) is 57.8 Å². The van der Waals surface area contributed by atoms with Crippen molar-refractivity contribution in [2.75, 3.05) is 17.3 Å². The lowest BCUT2D eigenvalue weighted by Gasteiger charge is -2.09. The van der Waals surface area contributed by atoms with Gasteiger partial charge in [-0.05, 0) is 38.1 Å². The van der Waals surface area contributed by atoms with Crippen LogP contribution in [0.4, 0.5) is 5.69 Å². The Morgan fingerprint density at radius 2 is 1.88 bits per heavy atom. The summed E-state index contributed by atoms with van der Waals surface area (Å²) in [4.78, 5) is 28.8. The van der Waals surface area contributed by atoms with Crippen molar-refractivity contribution in [2.45, 2.75) is 20.4 Å². The first-order chi connectivity index (χ1) is 11.2. The molecule has 2 aromatic rings. The van der Waals surface area contributed by atoms with Crippen LogP contribution >= 0.6 is 0 Å². The van der Waals surface area contributed by atoms with Crippen LogP contribution in [-0.4, -0.2) is 35.9 Å². The van der Waals surface area contributed by atoms with Crippen molar-refractivity contribution in [1.29, 1.82) is 0 Å². The van der Waals surface area contributed by atoms with Gasteiger partial charge < -0.3 is 9.88 Å². The number of carbonyl (C=O) groups is 1. The van der Waals surface area contributed by atoms with Crippen LogP contribution in [0.5, 0.6) is 0 Å². The molecule has 2 heterocycles. The maximum Gasteiger partial charge on any atom is 0.274 e. The number of rotatable bonds is 5. The highest BCUT2D eigenvalue weighted by atomic mass is 32.2. The second kappa shape index (κ2) is 6.96. The Kier molecular flexibility index (Phi) is 5.18. The minimum Gasteiger partial charge on any atom is -0.317 e. The van der Waals surface area contributed by atoms with Crippen molar-refractivity contribution < 1.29 is 13.2 Å². The first-order valence-electron chi connectivity index (χ1n) is 7.29. The zero-order valence-corrected chi connectivity index (χ0v) is 14.6. The zero-order valence-electron chi connectivity index (χ0n) is 13.7. The molecule has 0 saturated carbocycles. The van der Waals surface area contributed by atoms with E-state index in [0.717, 1.165) is 6.26 Å². The van der Waals surface area contributed by atoms with Gasteiger partial charge in [-0.25, -0.2) is 8.42 Å². The highest BCUT2D eigenvalue weighted by Crippen LogP contribution is 2.08. The number of carbonyl (C=O) groups excluding carboxylic acids is 1. The van der Waals surface area contributed by atoms with Crippen LogP contribution in [0.1, 0.15) is 21.7 Å². The number of pyridine rings is 2. The molecule has 0 spiro atoms. The fourth-order valence-corrected chi connectivity index (χ4v) is 2.76. The molecule has 0 aliphatic rings. The first-order valence-corrected chi connectivity index (χ1v) is 9.35. The van der Waals surface area contributed by atoms with E-state index in [0.29, 0.717) is 17.0 Å². The van der Waals surface area contributed by atoms with Crippen molar-refractivity contribution in [1.82, 2.24) is 9.55 Å². The summed E-state index contributed by atoms with van der Waals surface area (Å²) < 4.78 is 23.7. The summed E-state index contributed by atoms with van der Waals surface area (Å²) in [5, 5.41) is 2.57. The van der Waals surface area contributed by atoms with Crippen LogP contribution in [0, 0.1) is 13.8 Å². The van der Waals surface area contributed by atoms with E-state index < -0.39 is 21.3 Å². The molecule has 0 saturated heterocycles. The summed E-state index contributed by atoms with van der Waals surface area (Å²) in [6, 6.07) is 6.33. The van der Waals surface area contributed by atoms with Crippen molar-refractivity contribution in [2.24, 2.45) is 0 Å². The number of aromatic nitrogens is 2. The molecule has 1 N–H and O–H groups in total. The Morgan fingerprint density at radius 3 is 2.46 bits per heavy atom. The lowest BCUT2D eigenvalue weighted by molar-refractivity contribution is 0.102. The predicted octanol–water partition coefficient (Wildman–Crippen LogP) is 1.16. The minimum absolute atomic E-state index is 0.0366. The van der Waals surface area contributed by atoms with Crippen LogP contribution in [0.2, 0.25) is 0 Å². The van der Waals surface area contributed by atoms with E-state index in [-0.39, 0.29) is 18.0 Å². The van der Waals surface area contributed by atoms with Gasteiger partial charge in [-0.1, -0.05) is 0 Å². The summed E-state index contributed by atoms with van der Waals surface area (Å²) in [6.07, 6.45) is 2.60. The Bertz CT molecular complexity index is 912. The van der Waals surface area contributed by atoms with E-state index in [1.807, 2.05) is 0 Å². The number of aryl methyl sites for hydroxylation is 3. The topological polar surface area (TPSA) is 98.1 Å². The lowest BCUT2D eigenvalue weighted by Crippen LogP contribution is -2.27. The molecule has 24 heavy (non-hydrogen) atoms. The second-order valence-electron chi connectivity index (χ2n) is 5.64. The molecule has 0 fully saturated rings. The number of nitrogens with zero attached hydrogens (tertiary/aromatic N) is 2. The Balaban J connectivity index is 2.23. The van der Waals surface area contributed by atoms with Gasteiger partial charge in [0, 0.05) is 35.9 Å². The Hall–Kier alpha value is -2.48. The summed E-state index contributed by atoms with van der Waals surface area (Å²) >= 11 is 0. The maximum absolute atomic E-state index is 12.3. The van der Waals surface area contributed by atoms with E-state index in [1.54, 1.807) is 32.0 Å². The molecule has 1 amide bonds. The molecular formula is C16H19N3O4S. The second-order valence-corrected chi connectivity index (χ2v) is 7.90. The number of amides is 1. The average molecular weight is 349 g/mol. The summed E-state index contributed by atoms with van der Waals surface area (Å²) in [6.45, 7) is 3.60. The summed E-state index contributed by atoms with van der Waals surface area (Å²) in [5.41, 5.74) is 1.48. The molecule has 0 bridgehead atoms. The highest BCUT2D eigenvalue weighted by Gasteiger charge is 2.12. The molecule has 8 heteroatoms. The molecular weight excluding hydrogens is 330 g/mol. The van der Waals surface area contributed by atoms with E-state index in [2.05, 4.69) is 10.3 Å². The van der Waals surface area contributed by atoms with Gasteiger partial charge in [0.25, 0.3) is 11.5 Å². The van der Waals surface area contributed by atoms with Crippen molar-refractivity contribution in [3.8, 4) is 0 Å². The molecule has 0 unspecified atom stereocenters. The molecule has 0 radical (unpaired) electrons. The van der Waals surface area contributed by atoms with Gasteiger partial charge in [0.15, 0.2) is 0 Å². The molecule has 0 atom stereocenters. The number of anilines is 1. The number of hydrogen-bond donors (Lipinski definition) is 1. The molecule has 2 rings (SSSR count). The van der Waals surface area contributed by atoms with Crippen LogP contribution in [0.25, 0.3) is 0 Å². The van der Waals surface area contributed by atoms with Gasteiger partial charge in [-0.3, -0.25) is 14.6 Å². The third kappa shape index (κ3) is 4.76. The fourth-order valence-electron chi connectivity index (χ4n) is 2.23. The lowest BCUT2D eigenvalue weighted by atomic mass is 10.2. The fraction of sp³-hybridized carbons (Fsp3) is 0.312. The van der Waals surface area contributed by atoms with Gasteiger partial charge in [0.05, 0.1) is 5.75 Å². The standard InChI is InChI=1S/C16H19N3O4S/c1-11-9-13(10-12(2)17-11)15(20)18-14-5-4-6-19(16(14)21)7-8-24(3,22)23/h4-6,9-10H,7-8H2,1-3H3,(H,18,20). The average Bonchev–Trinajstić information content (AvgIpc) is 2.46. The Labute approximate surface area is 140 Å². The number of sulfone groups is 1. The Morgan fingerprint density at radius 1 is 1.25 bits per heavy atom. The van der Waals surface area contributed by atoms with Crippen LogP contribution in [-0.2, 0) is 16.4 Å². The summed E-state index contributed by atoms with van der Waals surface area (Å²) in [7, 11) is -3.18. The van der Waals surface area contributed by atoms with Gasteiger partial charge in [0.2, 0.25) is 0 Å². The largest absolute Gasteiger partial charge is 0.317 e. The maximum atomic E-state index is 12.3. The first kappa shape index (κ1) is 17.9. The van der Waals surface area contributed by atoms with Crippen molar-refractivity contribution >= 4 is 21.4 Å². The van der Waals surface area contributed by atoms with E-state index >= 15 is 0 Å². The van der Waals surface area contributed by atoms with Crippen molar-refractivity contribution in [3.63, 3.8) is 0 Å². The van der Waals surface area contributed by atoms with Crippen LogP contribution in [0.3, 0.4) is 0 Å². The molecule has 7 nitrogen and oxygen atoms in total. The van der Waals surface area contributed by atoms with E-state index in [9.17, 15) is 18.0 Å². The quantitative estimate of drug-likeness (QED) is 0.873. The molecule has 0 aliphatic heterocycles. The third-order valence-electron chi connectivity index (χ3n) is 3.32. The zero-order chi connectivity index (χ0) is 17.9. The van der Waals surface area contributed by atoms with Gasteiger partial charge in [0.1, 0.15) is 15.5 Å². The van der Waals surface area contributed by atoms with E-state index in [4.69, 9.17) is 0 Å². The predicted molar refractivity (Wildman–Crippen MR) is 92.1 cm³/mol. The third-order valence-corrected chi connectivity index (χ3v) is 4.24. The van der Waals surface area contributed by atoms with Crippen LogP contribution < -0.4 is 10.9 Å². The van der Waals surface area contributed by atoms with Crippen LogP contribution in [0.15, 0.2) is 35.3 Å². The monoisotopic (exact) mass is 349 g/mol. The molecule has 0 aromatic carbocycles. The van der Waals surface area contributed by atoms with E-state index in [1.165, 1.54) is 16.8 Å². The summed E-state index contributed by atoms with van der Waals surface area (Å²) in [5.74, 6) is -0.561. The highest BCUT2D eigenvalue weighted by molar-refractivity contribution is 7.90. The molecule has 128 valence electrons.